The zero-order valence-corrected chi connectivity index (χ0v) is 25.4. The highest BCUT2D eigenvalue weighted by Crippen LogP contribution is 2.37. The van der Waals surface area contributed by atoms with Gasteiger partial charge in [0.25, 0.3) is 0 Å². The summed E-state index contributed by atoms with van der Waals surface area (Å²) in [6, 6.07) is 10.2. The van der Waals surface area contributed by atoms with E-state index in [-0.39, 0.29) is 11.1 Å². The van der Waals surface area contributed by atoms with Crippen LogP contribution in [0.3, 0.4) is 0 Å². The van der Waals surface area contributed by atoms with Gasteiger partial charge in [-0.2, -0.15) is 5.10 Å². The number of benzene rings is 1. The van der Waals surface area contributed by atoms with Gasteiger partial charge < -0.3 is 14.9 Å². The third-order valence-corrected chi connectivity index (χ3v) is 12.1. The van der Waals surface area contributed by atoms with Crippen LogP contribution in [0.4, 0.5) is 0 Å². The summed E-state index contributed by atoms with van der Waals surface area (Å²) >= 11 is 0. The first-order valence-corrected chi connectivity index (χ1v) is 16.6. The van der Waals surface area contributed by atoms with Gasteiger partial charge in [-0.15, -0.1) is 0 Å². The van der Waals surface area contributed by atoms with Crippen LogP contribution in [-0.4, -0.2) is 46.8 Å². The number of aryl methyl sites for hydroxylation is 1. The number of methoxy groups -OCH3 is 1. The third kappa shape index (κ3) is 6.78. The fourth-order valence-electron chi connectivity index (χ4n) is 4.20. The highest BCUT2D eigenvalue weighted by atomic mass is 28.4. The number of nitrogens with two attached hydrogens (primary N) is 1. The lowest BCUT2D eigenvalue weighted by Crippen LogP contribution is -2.40. The molecule has 0 saturated heterocycles. The summed E-state index contributed by atoms with van der Waals surface area (Å²) in [5.74, 6) is 0.668. The van der Waals surface area contributed by atoms with Crippen molar-refractivity contribution in [1.82, 2.24) is 24.7 Å². The van der Waals surface area contributed by atoms with E-state index in [2.05, 4.69) is 51.0 Å². The smallest absolute Gasteiger partial charge is 0.192 e. The molecule has 8 nitrogen and oxygen atoms in total. The molecular formula is C30H42N6O2Si. The van der Waals surface area contributed by atoms with Gasteiger partial charge in [-0.3, -0.25) is 9.97 Å². The van der Waals surface area contributed by atoms with E-state index in [9.17, 15) is 0 Å². The van der Waals surface area contributed by atoms with E-state index >= 15 is 0 Å². The topological polar surface area (TPSA) is 101 Å². The van der Waals surface area contributed by atoms with Gasteiger partial charge in [0, 0.05) is 30.7 Å². The summed E-state index contributed by atoms with van der Waals surface area (Å²) in [4.78, 5) is 14.2. The molecule has 4 aromatic rings. The fraction of sp³-hybridized carbons (Fsp3) is 0.467. The Morgan fingerprint density at radius 1 is 1.05 bits per heavy atom. The SMILES string of the molecule is COCCCCc1cc(-c2cccc([C@H](C)N)n2)cc2c1cnn2-c1cncc(CO[Si](C)(C)C(C)(C)C)n1. The Bertz CT molecular complexity index is 1410. The second kappa shape index (κ2) is 12.0. The van der Waals surface area contributed by atoms with Crippen molar-refractivity contribution in [2.75, 3.05) is 13.7 Å². The lowest BCUT2D eigenvalue weighted by molar-refractivity contribution is 0.193. The van der Waals surface area contributed by atoms with Crippen LogP contribution in [0, 0.1) is 0 Å². The van der Waals surface area contributed by atoms with Crippen LogP contribution in [-0.2, 0) is 22.2 Å². The molecule has 0 bridgehead atoms. The van der Waals surface area contributed by atoms with E-state index < -0.39 is 8.32 Å². The molecule has 0 spiro atoms. The summed E-state index contributed by atoms with van der Waals surface area (Å²) in [6.45, 7) is 14.3. The van der Waals surface area contributed by atoms with Gasteiger partial charge in [0.15, 0.2) is 14.1 Å². The molecule has 3 heterocycles. The molecule has 0 fully saturated rings. The predicted molar refractivity (Wildman–Crippen MR) is 159 cm³/mol. The summed E-state index contributed by atoms with van der Waals surface area (Å²) in [5.41, 5.74) is 11.9. The van der Waals surface area contributed by atoms with Crippen LogP contribution in [0.15, 0.2) is 48.9 Å². The number of aromatic nitrogens is 5. The Hall–Kier alpha value is -2.98. The van der Waals surface area contributed by atoms with Crippen molar-refractivity contribution in [1.29, 1.82) is 0 Å². The van der Waals surface area contributed by atoms with Crippen LogP contribution in [0.25, 0.3) is 28.0 Å². The first kappa shape index (κ1) is 29.0. The lowest BCUT2D eigenvalue weighted by atomic mass is 9.99. The average molecular weight is 547 g/mol. The van der Waals surface area contributed by atoms with Crippen LogP contribution in [0.2, 0.25) is 18.1 Å². The predicted octanol–water partition coefficient (Wildman–Crippen LogP) is 6.39. The van der Waals surface area contributed by atoms with Crippen molar-refractivity contribution in [2.24, 2.45) is 5.73 Å². The van der Waals surface area contributed by atoms with Crippen molar-refractivity contribution in [3.8, 4) is 17.1 Å². The molecule has 0 aliphatic rings. The van der Waals surface area contributed by atoms with Gasteiger partial charge in [-0.25, -0.2) is 9.67 Å². The number of fused-ring (bicyclic) bond motifs is 1. The van der Waals surface area contributed by atoms with Crippen LogP contribution >= 0.6 is 0 Å². The lowest BCUT2D eigenvalue weighted by Gasteiger charge is -2.36. The molecule has 1 aromatic carbocycles. The minimum atomic E-state index is -1.91. The number of unbranched alkanes of at least 4 members (excludes halogenated alkanes) is 1. The molecule has 0 unspecified atom stereocenters. The Balaban J connectivity index is 1.74. The number of ether oxygens (including phenoxy) is 1. The van der Waals surface area contributed by atoms with Gasteiger partial charge >= 0.3 is 0 Å². The maximum atomic E-state index is 6.41. The quantitative estimate of drug-likeness (QED) is 0.172. The molecule has 4 rings (SSSR count). The first-order valence-electron chi connectivity index (χ1n) is 13.7. The standard InChI is InChI=1S/C30H42N6O2Si/c1-21(31)26-12-10-13-27(35-26)23-15-22(11-8-9-14-37-5)25-18-33-36(28(25)16-23)29-19-32-17-24(34-29)20-38-39(6,7)30(2,3)4/h10,12-13,15-19,21H,8-9,11,14,20,31H2,1-7H3/t21-/m0/s1. The Morgan fingerprint density at radius 3 is 2.56 bits per heavy atom. The second-order valence-electron chi connectivity index (χ2n) is 11.7. The largest absolute Gasteiger partial charge is 0.411 e. The zero-order chi connectivity index (χ0) is 28.2. The highest BCUT2D eigenvalue weighted by molar-refractivity contribution is 6.74. The maximum Gasteiger partial charge on any atom is 0.192 e. The van der Waals surface area contributed by atoms with E-state index in [1.807, 2.05) is 36.0 Å². The van der Waals surface area contributed by atoms with Gasteiger partial charge in [-0.1, -0.05) is 26.8 Å². The van der Waals surface area contributed by atoms with Crippen molar-refractivity contribution in [3.05, 3.63) is 65.9 Å². The summed E-state index contributed by atoms with van der Waals surface area (Å²) in [5, 5.41) is 5.98. The van der Waals surface area contributed by atoms with Crippen molar-refractivity contribution < 1.29 is 9.16 Å². The molecule has 3 aromatic heterocycles. The number of hydrogen-bond donors (Lipinski definition) is 1. The van der Waals surface area contributed by atoms with Crippen LogP contribution in [0.5, 0.6) is 0 Å². The minimum absolute atomic E-state index is 0.124. The summed E-state index contributed by atoms with van der Waals surface area (Å²) in [7, 11) is -0.172. The molecule has 208 valence electrons. The van der Waals surface area contributed by atoms with E-state index in [4.69, 9.17) is 30.0 Å². The average Bonchev–Trinajstić information content (AvgIpc) is 3.34. The van der Waals surface area contributed by atoms with Gasteiger partial charge in [-0.05, 0) is 74.1 Å². The van der Waals surface area contributed by atoms with E-state index in [1.165, 1.54) is 5.56 Å². The number of rotatable bonds is 11. The van der Waals surface area contributed by atoms with Gasteiger partial charge in [0.2, 0.25) is 0 Å². The molecule has 0 aliphatic heterocycles. The summed E-state index contributed by atoms with van der Waals surface area (Å²) in [6.07, 6.45) is 8.39. The second-order valence-corrected chi connectivity index (χ2v) is 16.5. The first-order chi connectivity index (χ1) is 18.5. The molecule has 39 heavy (non-hydrogen) atoms. The molecule has 0 aliphatic carbocycles. The van der Waals surface area contributed by atoms with Gasteiger partial charge in [0.1, 0.15) is 0 Å². The normalized spacial score (nSPS) is 13.2. The van der Waals surface area contributed by atoms with Crippen molar-refractivity contribution in [3.63, 3.8) is 0 Å². The Labute approximate surface area is 233 Å². The van der Waals surface area contributed by atoms with Crippen LogP contribution in [0.1, 0.15) is 63.5 Å². The zero-order valence-electron chi connectivity index (χ0n) is 24.4. The molecule has 9 heteroatoms. The molecular weight excluding hydrogens is 504 g/mol. The minimum Gasteiger partial charge on any atom is -0.411 e. The molecule has 0 saturated carbocycles. The number of nitrogens with zero attached hydrogens (tertiary/aromatic N) is 5. The van der Waals surface area contributed by atoms with Gasteiger partial charge in [0.05, 0.1) is 47.8 Å². The van der Waals surface area contributed by atoms with E-state index in [1.54, 1.807) is 19.5 Å². The van der Waals surface area contributed by atoms with E-state index in [0.717, 1.165) is 59.4 Å². The molecule has 1 atom stereocenters. The maximum absolute atomic E-state index is 6.41. The number of hydrogen-bond acceptors (Lipinski definition) is 7. The molecule has 0 amide bonds. The summed E-state index contributed by atoms with van der Waals surface area (Å²) < 4.78 is 13.5. The fourth-order valence-corrected chi connectivity index (χ4v) is 5.14. The monoisotopic (exact) mass is 546 g/mol. The number of pyridine rings is 1. The van der Waals surface area contributed by atoms with E-state index in [0.29, 0.717) is 12.4 Å². The van der Waals surface area contributed by atoms with Crippen molar-refractivity contribution in [2.45, 2.75) is 77.7 Å². The third-order valence-electron chi connectivity index (χ3n) is 7.63. The van der Waals surface area contributed by atoms with Crippen molar-refractivity contribution >= 4 is 19.2 Å². The highest BCUT2D eigenvalue weighted by Gasteiger charge is 2.37. The Morgan fingerprint density at radius 2 is 1.85 bits per heavy atom. The molecule has 0 radical (unpaired) electrons. The Kier molecular flexibility index (Phi) is 8.95. The molecule has 2 N–H and O–H groups in total. The van der Waals surface area contributed by atoms with Crippen LogP contribution < -0.4 is 5.73 Å².